The fourth-order valence-corrected chi connectivity index (χ4v) is 3.39. The topological polar surface area (TPSA) is 80.9 Å². The number of aliphatic hydroxyl groups is 1. The molecular weight excluding hydrogens is 310 g/mol. The summed E-state index contributed by atoms with van der Waals surface area (Å²) in [6.45, 7) is 7.34. The Morgan fingerprint density at radius 3 is 2.92 bits per heavy atom. The van der Waals surface area contributed by atoms with Crippen LogP contribution in [0, 0.1) is 0 Å². The van der Waals surface area contributed by atoms with Crippen LogP contribution in [0.15, 0.2) is 4.52 Å². The van der Waals surface area contributed by atoms with Gasteiger partial charge in [0.05, 0.1) is 31.5 Å². The highest BCUT2D eigenvalue weighted by Crippen LogP contribution is 2.30. The largest absolute Gasteiger partial charge is 0.389 e. The summed E-state index contributed by atoms with van der Waals surface area (Å²) in [5.41, 5.74) is 0. The van der Waals surface area contributed by atoms with Crippen molar-refractivity contribution in [3.8, 4) is 0 Å². The van der Waals surface area contributed by atoms with Crippen LogP contribution in [0.2, 0.25) is 0 Å². The summed E-state index contributed by atoms with van der Waals surface area (Å²) >= 11 is 0. The average Bonchev–Trinajstić information content (AvgIpc) is 3.28. The van der Waals surface area contributed by atoms with Gasteiger partial charge in [-0.25, -0.2) is 0 Å². The predicted molar refractivity (Wildman–Crippen MR) is 87.7 cm³/mol. The molecule has 0 saturated carbocycles. The maximum atomic E-state index is 10.3. The van der Waals surface area contributed by atoms with Gasteiger partial charge in [0.2, 0.25) is 5.89 Å². The first-order valence-corrected chi connectivity index (χ1v) is 9.08. The van der Waals surface area contributed by atoms with Crippen LogP contribution in [-0.2, 0) is 9.47 Å². The van der Waals surface area contributed by atoms with Crippen LogP contribution < -0.4 is 0 Å². The zero-order valence-electron chi connectivity index (χ0n) is 14.7. The Bertz CT molecular complexity index is 502. The van der Waals surface area contributed by atoms with Crippen molar-refractivity contribution in [1.82, 2.24) is 15.0 Å². The second-order valence-corrected chi connectivity index (χ2v) is 7.12. The predicted octanol–water partition coefficient (Wildman–Crippen LogP) is 1.89. The van der Waals surface area contributed by atoms with E-state index in [1.54, 1.807) is 0 Å². The summed E-state index contributed by atoms with van der Waals surface area (Å²) in [5.74, 6) is 1.65. The number of aliphatic hydroxyl groups excluding tert-OH is 1. The summed E-state index contributed by atoms with van der Waals surface area (Å²) < 4.78 is 16.5. The molecule has 0 spiro atoms. The van der Waals surface area contributed by atoms with E-state index in [9.17, 15) is 5.11 Å². The summed E-state index contributed by atoms with van der Waals surface area (Å²) in [6.07, 6.45) is 3.93. The van der Waals surface area contributed by atoms with Gasteiger partial charge in [-0.2, -0.15) is 4.98 Å². The molecule has 7 nitrogen and oxygen atoms in total. The number of β-amino-alcohol motifs (C(OH)–C–C–N with tert-alkyl or cyclic N) is 1. The molecule has 0 aromatic carbocycles. The number of hydrogen-bond acceptors (Lipinski definition) is 7. The maximum absolute atomic E-state index is 10.3. The number of nitrogens with zero attached hydrogens (tertiary/aromatic N) is 3. The summed E-state index contributed by atoms with van der Waals surface area (Å²) in [5, 5.41) is 14.4. The van der Waals surface area contributed by atoms with Crippen LogP contribution in [0.25, 0.3) is 0 Å². The van der Waals surface area contributed by atoms with Crippen molar-refractivity contribution in [3.05, 3.63) is 11.7 Å². The third-order valence-electron chi connectivity index (χ3n) is 4.70. The van der Waals surface area contributed by atoms with E-state index in [0.717, 1.165) is 44.7 Å². The lowest BCUT2D eigenvalue weighted by atomic mass is 10.2. The van der Waals surface area contributed by atoms with Gasteiger partial charge in [0.15, 0.2) is 5.82 Å². The highest BCUT2D eigenvalue weighted by atomic mass is 16.5. The second-order valence-electron chi connectivity index (χ2n) is 7.12. The lowest BCUT2D eigenvalue weighted by molar-refractivity contribution is -0.0264. The lowest BCUT2D eigenvalue weighted by Crippen LogP contribution is -2.35. The Hall–Kier alpha value is -1.02. The molecular formula is C17H29N3O4. The van der Waals surface area contributed by atoms with Gasteiger partial charge in [-0.15, -0.1) is 0 Å². The van der Waals surface area contributed by atoms with Gasteiger partial charge in [0, 0.05) is 19.1 Å². The fraction of sp³-hybridized carbons (Fsp3) is 0.882. The van der Waals surface area contributed by atoms with Gasteiger partial charge < -0.3 is 19.1 Å². The molecule has 1 aromatic rings. The molecule has 0 amide bonds. The number of likely N-dealkylation sites (tertiary alicyclic amines) is 1. The van der Waals surface area contributed by atoms with Crippen LogP contribution in [0.1, 0.15) is 63.2 Å². The molecule has 0 bridgehead atoms. The Balaban J connectivity index is 1.45. The standard InChI is InChI=1S/C17H29N3O4/c1-12(2)17-18-16(19-24-17)15-6-3-7-20(15)9-13(21)10-22-11-14-5-4-8-23-14/h12-15,21H,3-11H2,1-2H3. The molecule has 3 heterocycles. The lowest BCUT2D eigenvalue weighted by Gasteiger charge is -2.24. The van der Waals surface area contributed by atoms with Crippen molar-refractivity contribution in [2.45, 2.75) is 63.7 Å². The zero-order valence-corrected chi connectivity index (χ0v) is 14.7. The summed E-state index contributed by atoms with van der Waals surface area (Å²) in [6, 6.07) is 0.133. The SMILES string of the molecule is CC(C)c1nc(C2CCCN2CC(O)COCC2CCCO2)no1. The van der Waals surface area contributed by atoms with Crippen molar-refractivity contribution in [3.63, 3.8) is 0 Å². The van der Waals surface area contributed by atoms with E-state index in [4.69, 9.17) is 14.0 Å². The highest BCUT2D eigenvalue weighted by Gasteiger charge is 2.31. The Morgan fingerprint density at radius 2 is 2.21 bits per heavy atom. The van der Waals surface area contributed by atoms with Crippen LogP contribution in [-0.4, -0.2) is 65.3 Å². The maximum Gasteiger partial charge on any atom is 0.229 e. The molecule has 3 unspecified atom stereocenters. The van der Waals surface area contributed by atoms with Crippen molar-refractivity contribution >= 4 is 0 Å². The smallest absolute Gasteiger partial charge is 0.229 e. The van der Waals surface area contributed by atoms with Crippen LogP contribution in [0.5, 0.6) is 0 Å². The number of hydrogen-bond donors (Lipinski definition) is 1. The molecule has 1 aromatic heterocycles. The number of rotatable bonds is 8. The normalized spacial score (nSPS) is 26.5. The molecule has 3 atom stereocenters. The Kier molecular flexibility index (Phi) is 6.21. The van der Waals surface area contributed by atoms with E-state index in [-0.39, 0.29) is 18.1 Å². The Labute approximate surface area is 143 Å². The van der Waals surface area contributed by atoms with Crippen LogP contribution in [0.4, 0.5) is 0 Å². The van der Waals surface area contributed by atoms with E-state index in [2.05, 4.69) is 15.0 Å². The molecule has 2 fully saturated rings. The third-order valence-corrected chi connectivity index (χ3v) is 4.70. The number of ether oxygens (including phenoxy) is 2. The fourth-order valence-electron chi connectivity index (χ4n) is 3.39. The van der Waals surface area contributed by atoms with Crippen LogP contribution in [0.3, 0.4) is 0 Å². The molecule has 0 aliphatic carbocycles. The van der Waals surface area contributed by atoms with Crippen molar-refractivity contribution in [2.24, 2.45) is 0 Å². The van der Waals surface area contributed by atoms with Crippen molar-refractivity contribution < 1.29 is 19.1 Å². The second kappa shape index (κ2) is 8.38. The molecule has 136 valence electrons. The minimum absolute atomic E-state index is 0.133. The first-order valence-electron chi connectivity index (χ1n) is 9.08. The average molecular weight is 339 g/mol. The van der Waals surface area contributed by atoms with Gasteiger partial charge in [-0.05, 0) is 32.2 Å². The zero-order chi connectivity index (χ0) is 16.9. The molecule has 1 N–H and O–H groups in total. The highest BCUT2D eigenvalue weighted by molar-refractivity contribution is 5.00. The minimum Gasteiger partial charge on any atom is -0.389 e. The van der Waals surface area contributed by atoms with Gasteiger partial charge in [-0.3, -0.25) is 4.90 Å². The molecule has 24 heavy (non-hydrogen) atoms. The first kappa shape index (κ1) is 17.8. The molecule has 7 heteroatoms. The van der Waals surface area contributed by atoms with E-state index < -0.39 is 6.10 Å². The molecule has 2 aliphatic heterocycles. The van der Waals surface area contributed by atoms with Gasteiger partial charge in [-0.1, -0.05) is 19.0 Å². The van der Waals surface area contributed by atoms with Crippen molar-refractivity contribution in [1.29, 1.82) is 0 Å². The van der Waals surface area contributed by atoms with Gasteiger partial charge >= 0.3 is 0 Å². The van der Waals surface area contributed by atoms with Gasteiger partial charge in [0.1, 0.15) is 0 Å². The molecule has 3 rings (SSSR count). The third kappa shape index (κ3) is 4.53. The molecule has 0 radical (unpaired) electrons. The van der Waals surface area contributed by atoms with Crippen LogP contribution >= 0.6 is 0 Å². The van der Waals surface area contributed by atoms with E-state index >= 15 is 0 Å². The summed E-state index contributed by atoms with van der Waals surface area (Å²) in [4.78, 5) is 6.75. The van der Waals surface area contributed by atoms with Gasteiger partial charge in [0.25, 0.3) is 0 Å². The minimum atomic E-state index is -0.511. The van der Waals surface area contributed by atoms with Crippen molar-refractivity contribution in [2.75, 3.05) is 32.9 Å². The van der Waals surface area contributed by atoms with E-state index in [1.807, 2.05) is 13.8 Å². The monoisotopic (exact) mass is 339 g/mol. The van der Waals surface area contributed by atoms with E-state index in [1.165, 1.54) is 0 Å². The summed E-state index contributed by atoms with van der Waals surface area (Å²) in [7, 11) is 0. The quantitative estimate of drug-likeness (QED) is 0.774. The molecule has 2 saturated heterocycles. The first-order chi connectivity index (χ1) is 11.6. The number of aromatic nitrogens is 2. The Morgan fingerprint density at radius 1 is 1.33 bits per heavy atom. The molecule has 2 aliphatic rings. The van der Waals surface area contributed by atoms with E-state index in [0.29, 0.717) is 25.6 Å².